The Morgan fingerprint density at radius 2 is 1.54 bits per heavy atom. The molecule has 2 aliphatic rings. The predicted molar refractivity (Wildman–Crippen MR) is 109 cm³/mol. The highest BCUT2D eigenvalue weighted by atomic mass is 16.2. The predicted octanol–water partition coefficient (Wildman–Crippen LogP) is 1.47. The number of carbonyl (C=O) groups excluding carboxylic acids is 2. The summed E-state index contributed by atoms with van der Waals surface area (Å²) in [5, 5.41) is 4.63. The molecular weight excluding hydrogens is 354 g/mol. The molecule has 0 N–H and O–H groups in total. The number of nitrogens with zero attached hydrogens (tertiary/aromatic N) is 5. The van der Waals surface area contributed by atoms with Crippen LogP contribution >= 0.6 is 0 Å². The van der Waals surface area contributed by atoms with E-state index < -0.39 is 0 Å². The van der Waals surface area contributed by atoms with Gasteiger partial charge < -0.3 is 9.80 Å². The average Bonchev–Trinajstić information content (AvgIpc) is 3.27. The van der Waals surface area contributed by atoms with Gasteiger partial charge in [-0.2, -0.15) is 5.10 Å². The highest BCUT2D eigenvalue weighted by Crippen LogP contribution is 2.17. The summed E-state index contributed by atoms with van der Waals surface area (Å²) in [6, 6.07) is 0. The van der Waals surface area contributed by atoms with Gasteiger partial charge in [0.25, 0.3) is 0 Å². The second-order valence-electron chi connectivity index (χ2n) is 8.65. The van der Waals surface area contributed by atoms with Crippen LogP contribution < -0.4 is 0 Å². The molecule has 2 fully saturated rings. The minimum Gasteiger partial charge on any atom is -0.342 e. The van der Waals surface area contributed by atoms with E-state index in [2.05, 4.69) is 30.8 Å². The lowest BCUT2D eigenvalue weighted by Crippen LogP contribution is -2.51. The lowest BCUT2D eigenvalue weighted by molar-refractivity contribution is -0.134. The fourth-order valence-corrected chi connectivity index (χ4v) is 4.19. The van der Waals surface area contributed by atoms with E-state index in [4.69, 9.17) is 0 Å². The van der Waals surface area contributed by atoms with Gasteiger partial charge in [0, 0.05) is 57.1 Å². The molecule has 156 valence electrons. The first-order valence-corrected chi connectivity index (χ1v) is 10.7. The molecule has 3 rings (SSSR count). The van der Waals surface area contributed by atoms with Crippen LogP contribution in [-0.2, 0) is 22.6 Å². The number of aryl methyl sites for hydroxylation is 1. The van der Waals surface area contributed by atoms with Crippen molar-refractivity contribution < 1.29 is 9.59 Å². The Morgan fingerprint density at radius 1 is 0.929 bits per heavy atom. The Bertz CT molecular complexity index is 698. The molecule has 7 heteroatoms. The molecule has 1 aromatic heterocycles. The van der Waals surface area contributed by atoms with Crippen LogP contribution in [0.15, 0.2) is 0 Å². The maximum atomic E-state index is 12.8. The summed E-state index contributed by atoms with van der Waals surface area (Å²) in [5.41, 5.74) is 3.13. The molecule has 2 amide bonds. The van der Waals surface area contributed by atoms with Gasteiger partial charge >= 0.3 is 0 Å². The van der Waals surface area contributed by atoms with E-state index in [0.717, 1.165) is 62.5 Å². The number of rotatable bonds is 6. The summed E-state index contributed by atoms with van der Waals surface area (Å²) in [6.07, 6.45) is 2.67. The maximum Gasteiger partial charge on any atom is 0.236 e. The molecule has 0 bridgehead atoms. The molecule has 0 atom stereocenters. The molecule has 0 aromatic carbocycles. The summed E-state index contributed by atoms with van der Waals surface area (Å²) in [4.78, 5) is 31.2. The standard InChI is InChI=1S/C21H35N5O2/c1-16(2)14-26-18(4)19(17(3)22-26)13-20(27)25-11-9-23(10-12-25)15-21(28)24-7-5-6-8-24/h16H,5-15H2,1-4H3. The normalized spacial score (nSPS) is 18.3. The summed E-state index contributed by atoms with van der Waals surface area (Å²) >= 11 is 0. The van der Waals surface area contributed by atoms with Crippen molar-refractivity contribution in [3.63, 3.8) is 0 Å². The van der Waals surface area contributed by atoms with Crippen LogP contribution in [0.4, 0.5) is 0 Å². The van der Waals surface area contributed by atoms with E-state index in [1.807, 2.05) is 21.4 Å². The monoisotopic (exact) mass is 389 g/mol. The van der Waals surface area contributed by atoms with Crippen LogP contribution in [0.25, 0.3) is 0 Å². The van der Waals surface area contributed by atoms with Crippen LogP contribution in [0.1, 0.15) is 43.6 Å². The Hall–Kier alpha value is -1.89. The molecule has 0 spiro atoms. The number of hydrogen-bond acceptors (Lipinski definition) is 4. The van der Waals surface area contributed by atoms with Crippen molar-refractivity contribution >= 4 is 11.8 Å². The average molecular weight is 390 g/mol. The minimum atomic E-state index is 0.167. The molecule has 0 aliphatic carbocycles. The molecule has 1 aromatic rings. The Morgan fingerprint density at radius 3 is 2.14 bits per heavy atom. The van der Waals surface area contributed by atoms with E-state index >= 15 is 0 Å². The first kappa shape index (κ1) is 20.8. The van der Waals surface area contributed by atoms with E-state index in [9.17, 15) is 9.59 Å². The van der Waals surface area contributed by atoms with Gasteiger partial charge in [-0.1, -0.05) is 13.8 Å². The third-order valence-electron chi connectivity index (χ3n) is 5.94. The van der Waals surface area contributed by atoms with Crippen molar-refractivity contribution in [3.8, 4) is 0 Å². The molecule has 7 nitrogen and oxygen atoms in total. The van der Waals surface area contributed by atoms with Gasteiger partial charge in [-0.25, -0.2) is 0 Å². The zero-order valence-electron chi connectivity index (χ0n) is 17.9. The topological polar surface area (TPSA) is 61.7 Å². The van der Waals surface area contributed by atoms with Gasteiger partial charge in [-0.05, 0) is 32.6 Å². The van der Waals surface area contributed by atoms with Gasteiger partial charge in [0.2, 0.25) is 11.8 Å². The second kappa shape index (κ2) is 9.07. The molecule has 2 aliphatic heterocycles. The van der Waals surface area contributed by atoms with Crippen molar-refractivity contribution in [2.75, 3.05) is 45.8 Å². The third-order valence-corrected chi connectivity index (χ3v) is 5.94. The molecule has 0 unspecified atom stereocenters. The van der Waals surface area contributed by atoms with Crippen molar-refractivity contribution in [1.29, 1.82) is 0 Å². The van der Waals surface area contributed by atoms with Gasteiger partial charge in [-0.3, -0.25) is 19.2 Å². The zero-order chi connectivity index (χ0) is 20.3. The summed E-state index contributed by atoms with van der Waals surface area (Å²) < 4.78 is 2.03. The fraction of sp³-hybridized carbons (Fsp3) is 0.762. The number of amides is 2. The quantitative estimate of drug-likeness (QED) is 0.739. The Kier molecular flexibility index (Phi) is 6.75. The largest absolute Gasteiger partial charge is 0.342 e. The molecule has 28 heavy (non-hydrogen) atoms. The summed E-state index contributed by atoms with van der Waals surface area (Å²) in [7, 11) is 0. The van der Waals surface area contributed by atoms with Crippen LogP contribution in [-0.4, -0.2) is 82.1 Å². The zero-order valence-corrected chi connectivity index (χ0v) is 17.9. The van der Waals surface area contributed by atoms with Gasteiger partial charge in [0.1, 0.15) is 0 Å². The minimum absolute atomic E-state index is 0.167. The Balaban J connectivity index is 1.50. The lowest BCUT2D eigenvalue weighted by atomic mass is 10.1. The maximum absolute atomic E-state index is 12.8. The summed E-state index contributed by atoms with van der Waals surface area (Å²) in [6.45, 7) is 14.5. The lowest BCUT2D eigenvalue weighted by Gasteiger charge is -2.35. The Labute approximate surface area is 168 Å². The van der Waals surface area contributed by atoms with Crippen molar-refractivity contribution in [2.24, 2.45) is 5.92 Å². The number of likely N-dealkylation sites (tertiary alicyclic amines) is 1. The van der Waals surface area contributed by atoms with E-state index in [-0.39, 0.29) is 11.8 Å². The van der Waals surface area contributed by atoms with Crippen molar-refractivity contribution in [3.05, 3.63) is 17.0 Å². The van der Waals surface area contributed by atoms with E-state index in [0.29, 0.717) is 32.0 Å². The molecular formula is C21H35N5O2. The smallest absolute Gasteiger partial charge is 0.236 e. The van der Waals surface area contributed by atoms with Crippen LogP contribution in [0.2, 0.25) is 0 Å². The molecule has 2 saturated heterocycles. The van der Waals surface area contributed by atoms with Crippen LogP contribution in [0.5, 0.6) is 0 Å². The molecule has 0 saturated carbocycles. The summed E-state index contributed by atoms with van der Waals surface area (Å²) in [5.74, 6) is 0.930. The van der Waals surface area contributed by atoms with E-state index in [1.165, 1.54) is 0 Å². The van der Waals surface area contributed by atoms with E-state index in [1.54, 1.807) is 0 Å². The SMILES string of the molecule is Cc1nn(CC(C)C)c(C)c1CC(=O)N1CCN(CC(=O)N2CCCC2)CC1. The number of carbonyl (C=O) groups is 2. The van der Waals surface area contributed by atoms with Gasteiger partial charge in [0.05, 0.1) is 18.7 Å². The van der Waals surface area contributed by atoms with Gasteiger partial charge in [-0.15, -0.1) is 0 Å². The van der Waals surface area contributed by atoms with Crippen LogP contribution in [0.3, 0.4) is 0 Å². The van der Waals surface area contributed by atoms with Gasteiger partial charge in [0.15, 0.2) is 0 Å². The molecule has 3 heterocycles. The number of hydrogen-bond donors (Lipinski definition) is 0. The number of aromatic nitrogens is 2. The highest BCUT2D eigenvalue weighted by Gasteiger charge is 2.26. The first-order chi connectivity index (χ1) is 13.3. The fourth-order valence-electron chi connectivity index (χ4n) is 4.19. The third kappa shape index (κ3) is 4.93. The second-order valence-corrected chi connectivity index (χ2v) is 8.65. The highest BCUT2D eigenvalue weighted by molar-refractivity contribution is 5.80. The molecule has 0 radical (unpaired) electrons. The number of piperazine rings is 1. The first-order valence-electron chi connectivity index (χ1n) is 10.7. The van der Waals surface area contributed by atoms with Crippen molar-refractivity contribution in [1.82, 2.24) is 24.5 Å². The van der Waals surface area contributed by atoms with Crippen LogP contribution in [0, 0.1) is 19.8 Å². The van der Waals surface area contributed by atoms with Crippen molar-refractivity contribution in [2.45, 2.75) is 53.5 Å².